The first-order chi connectivity index (χ1) is 11.7. The molecule has 10 heteroatoms. The standard InChI is InChI=1S/C15H6F6N4/c16-10-3-11(17)9(15(19,20)21)1-7(10)2-12-14-23-5-13(18)25(14)6-8(4-22)24-12/h1,3,5-6H,2H2. The van der Waals surface area contributed by atoms with E-state index in [9.17, 15) is 26.3 Å². The van der Waals surface area contributed by atoms with Gasteiger partial charge in [0.05, 0.1) is 17.5 Å². The van der Waals surface area contributed by atoms with Gasteiger partial charge >= 0.3 is 6.18 Å². The van der Waals surface area contributed by atoms with Gasteiger partial charge in [-0.2, -0.15) is 22.8 Å². The zero-order chi connectivity index (χ0) is 18.4. The molecule has 0 N–H and O–H groups in total. The van der Waals surface area contributed by atoms with Crippen LogP contribution < -0.4 is 0 Å². The van der Waals surface area contributed by atoms with Gasteiger partial charge in [0.2, 0.25) is 5.95 Å². The zero-order valence-electron chi connectivity index (χ0n) is 12.1. The first kappa shape index (κ1) is 16.8. The Morgan fingerprint density at radius 2 is 1.84 bits per heavy atom. The summed E-state index contributed by atoms with van der Waals surface area (Å²) in [6, 6.07) is 2.10. The van der Waals surface area contributed by atoms with E-state index in [4.69, 9.17) is 5.26 Å². The van der Waals surface area contributed by atoms with Crippen LogP contribution in [-0.4, -0.2) is 14.4 Å². The van der Waals surface area contributed by atoms with E-state index in [1.807, 2.05) is 0 Å². The first-order valence-corrected chi connectivity index (χ1v) is 6.68. The average Bonchev–Trinajstić information content (AvgIpc) is 2.90. The molecule has 4 nitrogen and oxygen atoms in total. The van der Waals surface area contributed by atoms with Gasteiger partial charge < -0.3 is 0 Å². The van der Waals surface area contributed by atoms with Crippen LogP contribution in [0.4, 0.5) is 26.3 Å². The zero-order valence-corrected chi connectivity index (χ0v) is 12.1. The Morgan fingerprint density at radius 3 is 2.48 bits per heavy atom. The lowest BCUT2D eigenvalue weighted by atomic mass is 10.0. The number of aromatic nitrogens is 3. The third kappa shape index (κ3) is 3.00. The third-order valence-electron chi connectivity index (χ3n) is 3.43. The molecule has 0 unspecified atom stereocenters. The lowest BCUT2D eigenvalue weighted by Gasteiger charge is -2.11. The van der Waals surface area contributed by atoms with Gasteiger partial charge in [-0.15, -0.1) is 0 Å². The van der Waals surface area contributed by atoms with Crippen molar-refractivity contribution in [3.05, 3.63) is 64.6 Å². The van der Waals surface area contributed by atoms with Gasteiger partial charge in [-0.25, -0.2) is 18.7 Å². The molecular formula is C15H6F6N4. The molecule has 25 heavy (non-hydrogen) atoms. The van der Waals surface area contributed by atoms with Gasteiger partial charge in [-0.05, 0) is 11.6 Å². The Hall–Kier alpha value is -3.09. The highest BCUT2D eigenvalue weighted by molar-refractivity contribution is 5.48. The number of nitriles is 1. The fourth-order valence-electron chi connectivity index (χ4n) is 2.32. The van der Waals surface area contributed by atoms with Gasteiger partial charge in [0.1, 0.15) is 17.7 Å². The van der Waals surface area contributed by atoms with Crippen LogP contribution >= 0.6 is 0 Å². The second-order valence-corrected chi connectivity index (χ2v) is 5.06. The Balaban J connectivity index is 2.15. The molecule has 128 valence electrons. The summed E-state index contributed by atoms with van der Waals surface area (Å²) in [6.07, 6.45) is -3.68. The molecule has 0 aliphatic heterocycles. The van der Waals surface area contributed by atoms with Gasteiger partial charge in [-0.3, -0.25) is 4.40 Å². The predicted molar refractivity (Wildman–Crippen MR) is 71.8 cm³/mol. The van der Waals surface area contributed by atoms with Crippen LogP contribution in [-0.2, 0) is 12.6 Å². The van der Waals surface area contributed by atoms with Crippen molar-refractivity contribution in [2.45, 2.75) is 12.6 Å². The summed E-state index contributed by atoms with van der Waals surface area (Å²) in [6.45, 7) is 0. The maximum absolute atomic E-state index is 13.9. The Labute approximate surface area is 136 Å². The average molecular weight is 356 g/mol. The molecule has 0 amide bonds. The van der Waals surface area contributed by atoms with Crippen LogP contribution in [0, 0.1) is 28.9 Å². The smallest absolute Gasteiger partial charge is 0.272 e. The Bertz CT molecular complexity index is 1020. The van der Waals surface area contributed by atoms with Gasteiger partial charge in [0.15, 0.2) is 11.3 Å². The van der Waals surface area contributed by atoms with Crippen molar-refractivity contribution in [2.75, 3.05) is 0 Å². The molecular weight excluding hydrogens is 350 g/mol. The summed E-state index contributed by atoms with van der Waals surface area (Å²) >= 11 is 0. The number of rotatable bonds is 2. The summed E-state index contributed by atoms with van der Waals surface area (Å²) in [5.74, 6) is -3.80. The lowest BCUT2D eigenvalue weighted by Crippen LogP contribution is -2.11. The molecule has 3 rings (SSSR count). The molecule has 2 heterocycles. The fraction of sp³-hybridized carbons (Fsp3) is 0.133. The highest BCUT2D eigenvalue weighted by atomic mass is 19.4. The van der Waals surface area contributed by atoms with Crippen LogP contribution in [0.25, 0.3) is 5.65 Å². The van der Waals surface area contributed by atoms with Gasteiger partial charge in [0, 0.05) is 18.7 Å². The topological polar surface area (TPSA) is 54.0 Å². The number of imidazole rings is 1. The Kier molecular flexibility index (Phi) is 3.87. The van der Waals surface area contributed by atoms with Crippen LogP contribution in [0.1, 0.15) is 22.5 Å². The Morgan fingerprint density at radius 1 is 1.12 bits per heavy atom. The number of alkyl halides is 3. The summed E-state index contributed by atoms with van der Waals surface area (Å²) in [5, 5.41) is 8.92. The van der Waals surface area contributed by atoms with E-state index in [0.717, 1.165) is 16.8 Å². The number of hydrogen-bond donors (Lipinski definition) is 0. The highest BCUT2D eigenvalue weighted by Crippen LogP contribution is 2.33. The maximum Gasteiger partial charge on any atom is 0.419 e. The molecule has 3 aromatic rings. The van der Waals surface area contributed by atoms with E-state index in [-0.39, 0.29) is 23.1 Å². The minimum Gasteiger partial charge on any atom is -0.272 e. The van der Waals surface area contributed by atoms with Crippen molar-refractivity contribution >= 4 is 5.65 Å². The van der Waals surface area contributed by atoms with Crippen LogP contribution in [0.5, 0.6) is 0 Å². The summed E-state index contributed by atoms with van der Waals surface area (Å²) < 4.78 is 80.1. The minimum absolute atomic E-state index is 0.0891. The van der Waals surface area contributed by atoms with Crippen LogP contribution in [0.15, 0.2) is 24.5 Å². The molecule has 0 saturated heterocycles. The molecule has 0 spiro atoms. The molecule has 1 aromatic carbocycles. The quantitative estimate of drug-likeness (QED) is 0.659. The second-order valence-electron chi connectivity index (χ2n) is 5.06. The predicted octanol–water partition coefficient (Wildman–Crippen LogP) is 3.63. The van der Waals surface area contributed by atoms with Gasteiger partial charge in [0.25, 0.3) is 0 Å². The van der Waals surface area contributed by atoms with E-state index >= 15 is 0 Å². The number of nitrogens with zero attached hydrogens (tertiary/aromatic N) is 4. The first-order valence-electron chi connectivity index (χ1n) is 6.68. The lowest BCUT2D eigenvalue weighted by molar-refractivity contribution is -0.140. The van der Waals surface area contributed by atoms with E-state index < -0.39 is 41.3 Å². The van der Waals surface area contributed by atoms with Crippen molar-refractivity contribution in [3.63, 3.8) is 0 Å². The fourth-order valence-corrected chi connectivity index (χ4v) is 2.32. The molecule has 0 saturated carbocycles. The molecule has 0 aliphatic rings. The number of halogens is 6. The van der Waals surface area contributed by atoms with E-state index in [2.05, 4.69) is 9.97 Å². The summed E-state index contributed by atoms with van der Waals surface area (Å²) in [4.78, 5) is 7.54. The number of hydrogen-bond acceptors (Lipinski definition) is 3. The van der Waals surface area contributed by atoms with E-state index in [1.165, 1.54) is 0 Å². The number of fused-ring (bicyclic) bond motifs is 1. The van der Waals surface area contributed by atoms with E-state index in [0.29, 0.717) is 6.07 Å². The highest BCUT2D eigenvalue weighted by Gasteiger charge is 2.35. The molecule has 0 aliphatic carbocycles. The van der Waals surface area contributed by atoms with Crippen molar-refractivity contribution in [1.29, 1.82) is 5.26 Å². The molecule has 2 aromatic heterocycles. The molecule has 0 atom stereocenters. The largest absolute Gasteiger partial charge is 0.419 e. The maximum atomic E-state index is 13.9. The monoisotopic (exact) mass is 356 g/mol. The third-order valence-corrected chi connectivity index (χ3v) is 3.43. The van der Waals surface area contributed by atoms with Crippen molar-refractivity contribution in [1.82, 2.24) is 14.4 Å². The minimum atomic E-state index is -5.01. The van der Waals surface area contributed by atoms with Gasteiger partial charge in [-0.1, -0.05) is 0 Å². The van der Waals surface area contributed by atoms with Crippen LogP contribution in [0.2, 0.25) is 0 Å². The summed E-state index contributed by atoms with van der Waals surface area (Å²) in [5.41, 5.74) is -2.60. The SMILES string of the molecule is N#Cc1cn2c(F)cnc2c(Cc2cc(C(F)(F)F)c(F)cc2F)n1. The number of benzene rings is 1. The summed E-state index contributed by atoms with van der Waals surface area (Å²) in [7, 11) is 0. The van der Waals surface area contributed by atoms with Crippen molar-refractivity contribution in [3.8, 4) is 6.07 Å². The van der Waals surface area contributed by atoms with Crippen molar-refractivity contribution in [2.24, 2.45) is 0 Å². The molecule has 0 fully saturated rings. The van der Waals surface area contributed by atoms with Crippen molar-refractivity contribution < 1.29 is 26.3 Å². The molecule has 0 radical (unpaired) electrons. The normalized spacial score (nSPS) is 11.7. The second kappa shape index (κ2) is 5.77. The van der Waals surface area contributed by atoms with Crippen LogP contribution in [0.3, 0.4) is 0 Å². The van der Waals surface area contributed by atoms with E-state index in [1.54, 1.807) is 6.07 Å². The molecule has 0 bridgehead atoms.